The Morgan fingerprint density at radius 1 is 1.17 bits per heavy atom. The van der Waals surface area contributed by atoms with E-state index in [1.165, 1.54) is 16.9 Å². The highest BCUT2D eigenvalue weighted by Gasteiger charge is 2.25. The molecular weight excluding hydrogens is 470 g/mol. The van der Waals surface area contributed by atoms with Crippen molar-refractivity contribution in [2.75, 3.05) is 0 Å². The number of nitrogens with one attached hydrogen (secondary N) is 1. The normalized spacial score (nSPS) is 14.7. The van der Waals surface area contributed by atoms with E-state index >= 15 is 0 Å². The predicted molar refractivity (Wildman–Crippen MR) is 139 cm³/mol. The number of benzene rings is 2. The Hall–Kier alpha value is -4.09. The van der Waals surface area contributed by atoms with Crippen LogP contribution in [-0.4, -0.2) is 27.2 Å². The third-order valence-electron chi connectivity index (χ3n) is 6.10. The molecule has 4 aromatic rings. The third kappa shape index (κ3) is 4.83. The number of carbonyl (C=O) groups is 1. The van der Waals surface area contributed by atoms with Crippen molar-refractivity contribution in [2.24, 2.45) is 0 Å². The summed E-state index contributed by atoms with van der Waals surface area (Å²) in [5.41, 5.74) is 5.21. The molecule has 36 heavy (non-hydrogen) atoms. The molecule has 1 N–H and O–H groups in total. The van der Waals surface area contributed by atoms with E-state index in [9.17, 15) is 10.1 Å². The highest BCUT2D eigenvalue weighted by molar-refractivity contribution is 7.17. The van der Waals surface area contributed by atoms with Crippen LogP contribution in [0.2, 0.25) is 0 Å². The summed E-state index contributed by atoms with van der Waals surface area (Å²) in [6.07, 6.45) is 5.99. The minimum Gasteiger partial charge on any atom is -0.490 e. The van der Waals surface area contributed by atoms with Gasteiger partial charge < -0.3 is 10.1 Å². The van der Waals surface area contributed by atoms with Crippen LogP contribution in [0.5, 0.6) is 5.75 Å². The number of aromatic nitrogens is 3. The Bertz CT molecular complexity index is 1440. The Morgan fingerprint density at radius 2 is 2.03 bits per heavy atom. The van der Waals surface area contributed by atoms with E-state index in [1.807, 2.05) is 32.0 Å². The number of amides is 1. The number of nitrogens with zero attached hydrogens (tertiary/aromatic N) is 4. The van der Waals surface area contributed by atoms with Crippen LogP contribution in [0, 0.1) is 11.3 Å². The lowest BCUT2D eigenvalue weighted by molar-refractivity contribution is 0.0932. The Kier molecular flexibility index (Phi) is 6.74. The van der Waals surface area contributed by atoms with Crippen molar-refractivity contribution in [3.05, 3.63) is 83.2 Å². The van der Waals surface area contributed by atoms with Gasteiger partial charge in [-0.2, -0.15) is 5.26 Å². The maximum absolute atomic E-state index is 12.8. The first-order chi connectivity index (χ1) is 17.5. The zero-order valence-electron chi connectivity index (χ0n) is 20.1. The van der Waals surface area contributed by atoms with Gasteiger partial charge in [0.05, 0.1) is 23.3 Å². The van der Waals surface area contributed by atoms with E-state index in [0.29, 0.717) is 16.9 Å². The molecule has 0 saturated heterocycles. The highest BCUT2D eigenvalue weighted by Crippen LogP contribution is 2.39. The Labute approximate surface area is 213 Å². The summed E-state index contributed by atoms with van der Waals surface area (Å²) >= 11 is 1.49. The third-order valence-corrected chi connectivity index (χ3v) is 7.11. The second-order valence-corrected chi connectivity index (χ2v) is 9.91. The predicted octanol–water partition coefficient (Wildman–Crippen LogP) is 5.73. The highest BCUT2D eigenvalue weighted by atomic mass is 32.1. The first-order valence-corrected chi connectivity index (χ1v) is 12.7. The minimum atomic E-state index is -0.122. The summed E-state index contributed by atoms with van der Waals surface area (Å²) < 4.78 is 5.74. The first kappa shape index (κ1) is 23.6. The van der Waals surface area contributed by atoms with Gasteiger partial charge in [0, 0.05) is 23.5 Å². The van der Waals surface area contributed by atoms with Crippen molar-refractivity contribution in [2.45, 2.75) is 45.3 Å². The van der Waals surface area contributed by atoms with Gasteiger partial charge in [0.2, 0.25) is 0 Å². The first-order valence-electron chi connectivity index (χ1n) is 11.9. The topological polar surface area (TPSA) is 101 Å². The number of rotatable bonds is 6. The number of hydrogen-bond acceptors (Lipinski definition) is 7. The second kappa shape index (κ2) is 10.3. The fraction of sp³-hybridized carbons (Fsp3) is 0.250. The average Bonchev–Trinajstić information content (AvgIpc) is 3.39. The molecule has 7 nitrogen and oxygen atoms in total. The van der Waals surface area contributed by atoms with Crippen LogP contribution in [0.4, 0.5) is 0 Å². The van der Waals surface area contributed by atoms with Crippen molar-refractivity contribution in [3.63, 3.8) is 0 Å². The van der Waals surface area contributed by atoms with Crippen LogP contribution in [0.15, 0.2) is 60.9 Å². The van der Waals surface area contributed by atoms with Crippen molar-refractivity contribution in [3.8, 4) is 33.0 Å². The fourth-order valence-electron chi connectivity index (χ4n) is 4.49. The lowest BCUT2D eigenvalue weighted by atomic mass is 9.85. The van der Waals surface area contributed by atoms with Gasteiger partial charge in [-0.1, -0.05) is 29.5 Å². The lowest BCUT2D eigenvalue weighted by Gasteiger charge is -2.27. The molecule has 1 amide bonds. The molecule has 0 saturated carbocycles. The Balaban J connectivity index is 1.43. The molecule has 0 aliphatic heterocycles. The van der Waals surface area contributed by atoms with Gasteiger partial charge in [0.25, 0.3) is 5.91 Å². The fourth-order valence-corrected chi connectivity index (χ4v) is 5.39. The zero-order chi connectivity index (χ0) is 25.1. The van der Waals surface area contributed by atoms with E-state index in [0.717, 1.165) is 46.0 Å². The van der Waals surface area contributed by atoms with Crippen molar-refractivity contribution in [1.29, 1.82) is 5.26 Å². The monoisotopic (exact) mass is 495 g/mol. The van der Waals surface area contributed by atoms with Crippen molar-refractivity contribution < 1.29 is 9.53 Å². The SMILES string of the molecule is CC(C)Oc1ccc(-c2nnc(-c3cccc4c3CCC[C@H]4NC(=O)c3cccnc3)s2)cc1C#N. The van der Waals surface area contributed by atoms with E-state index in [4.69, 9.17) is 4.74 Å². The summed E-state index contributed by atoms with van der Waals surface area (Å²) in [7, 11) is 0. The average molecular weight is 496 g/mol. The van der Waals surface area contributed by atoms with E-state index in [2.05, 4.69) is 38.7 Å². The van der Waals surface area contributed by atoms with Gasteiger partial charge in [-0.25, -0.2) is 0 Å². The molecule has 180 valence electrons. The molecular formula is C28H25N5O2S. The van der Waals surface area contributed by atoms with Gasteiger partial charge in [-0.15, -0.1) is 10.2 Å². The van der Waals surface area contributed by atoms with Crippen LogP contribution in [0.25, 0.3) is 21.1 Å². The summed E-state index contributed by atoms with van der Waals surface area (Å²) in [6.45, 7) is 3.86. The van der Waals surface area contributed by atoms with Gasteiger partial charge in [0.1, 0.15) is 21.8 Å². The molecule has 2 aromatic heterocycles. The molecule has 1 aliphatic carbocycles. The molecule has 1 atom stereocenters. The summed E-state index contributed by atoms with van der Waals surface area (Å²) in [5, 5.41) is 23.2. The molecule has 0 radical (unpaired) electrons. The smallest absolute Gasteiger partial charge is 0.253 e. The number of ether oxygens (including phenoxy) is 1. The van der Waals surface area contributed by atoms with Crippen LogP contribution < -0.4 is 10.1 Å². The van der Waals surface area contributed by atoms with Crippen LogP contribution >= 0.6 is 11.3 Å². The van der Waals surface area contributed by atoms with Crippen LogP contribution in [0.3, 0.4) is 0 Å². The van der Waals surface area contributed by atoms with Crippen molar-refractivity contribution in [1.82, 2.24) is 20.5 Å². The van der Waals surface area contributed by atoms with E-state index in [-0.39, 0.29) is 18.1 Å². The maximum Gasteiger partial charge on any atom is 0.253 e. The molecule has 2 aromatic carbocycles. The van der Waals surface area contributed by atoms with E-state index in [1.54, 1.807) is 30.6 Å². The quantitative estimate of drug-likeness (QED) is 0.366. The number of carbonyl (C=O) groups excluding carboxylic acids is 1. The van der Waals surface area contributed by atoms with Crippen LogP contribution in [0.1, 0.15) is 59.8 Å². The van der Waals surface area contributed by atoms with Crippen molar-refractivity contribution >= 4 is 17.2 Å². The van der Waals surface area contributed by atoms with Gasteiger partial charge >= 0.3 is 0 Å². The maximum atomic E-state index is 12.8. The number of pyridine rings is 1. The largest absolute Gasteiger partial charge is 0.490 e. The van der Waals surface area contributed by atoms with Gasteiger partial charge in [0.15, 0.2) is 0 Å². The standard InChI is InChI=1S/C28H25N5O2S/c1-17(2)35-25-12-11-18(14-20(25)15-29)27-32-33-28(36-27)23-9-3-8-22-21(23)7-4-10-24(22)31-26(34)19-6-5-13-30-16-19/h3,5-6,8-9,11-14,16-17,24H,4,7,10H2,1-2H3,(H,31,34)/t24-/m1/s1. The zero-order valence-corrected chi connectivity index (χ0v) is 20.9. The van der Waals surface area contributed by atoms with Gasteiger partial charge in [-0.3, -0.25) is 9.78 Å². The summed E-state index contributed by atoms with van der Waals surface area (Å²) in [4.78, 5) is 16.8. The number of hydrogen-bond donors (Lipinski definition) is 1. The molecule has 8 heteroatoms. The molecule has 5 rings (SSSR count). The van der Waals surface area contributed by atoms with E-state index < -0.39 is 0 Å². The lowest BCUT2D eigenvalue weighted by Crippen LogP contribution is -2.31. The minimum absolute atomic E-state index is 0.0155. The molecule has 0 bridgehead atoms. The molecule has 0 unspecified atom stereocenters. The summed E-state index contributed by atoms with van der Waals surface area (Å²) in [5.74, 6) is 0.445. The molecule has 0 fully saturated rings. The molecule has 0 spiro atoms. The second-order valence-electron chi connectivity index (χ2n) is 8.94. The van der Waals surface area contributed by atoms with Gasteiger partial charge in [-0.05, 0) is 74.6 Å². The molecule has 2 heterocycles. The Morgan fingerprint density at radius 3 is 2.81 bits per heavy atom. The number of nitriles is 1. The van der Waals surface area contributed by atoms with Crippen LogP contribution in [-0.2, 0) is 6.42 Å². The molecule has 1 aliphatic rings. The summed E-state index contributed by atoms with van der Waals surface area (Å²) in [6, 6.07) is 17.4. The number of fused-ring (bicyclic) bond motifs is 1.